The third-order valence-corrected chi connectivity index (χ3v) is 7.79. The van der Waals surface area contributed by atoms with Gasteiger partial charge < -0.3 is 0 Å². The molecule has 0 bridgehead atoms. The molecule has 2 aromatic heterocycles. The van der Waals surface area contributed by atoms with Gasteiger partial charge in [0.2, 0.25) is 0 Å². The van der Waals surface area contributed by atoms with Gasteiger partial charge in [0.25, 0.3) is 5.56 Å². The molecular formula is C27H28N2O2S. The quantitative estimate of drug-likeness (QED) is 0.404. The van der Waals surface area contributed by atoms with Crippen molar-refractivity contribution in [2.45, 2.75) is 58.0 Å². The van der Waals surface area contributed by atoms with Gasteiger partial charge in [0.1, 0.15) is 4.83 Å². The first-order chi connectivity index (χ1) is 15.7. The van der Waals surface area contributed by atoms with Gasteiger partial charge in [-0.1, -0.05) is 60.7 Å². The van der Waals surface area contributed by atoms with Crippen LogP contribution in [-0.2, 0) is 38.8 Å². The second kappa shape index (κ2) is 9.29. The van der Waals surface area contributed by atoms with E-state index in [1.165, 1.54) is 27.0 Å². The van der Waals surface area contributed by atoms with Crippen molar-refractivity contribution in [1.82, 2.24) is 9.13 Å². The highest BCUT2D eigenvalue weighted by Gasteiger charge is 2.23. The molecule has 0 atom stereocenters. The molecule has 4 aromatic rings. The number of aromatic nitrogens is 2. The lowest BCUT2D eigenvalue weighted by molar-refractivity contribution is 0.555. The molecule has 1 aliphatic rings. The summed E-state index contributed by atoms with van der Waals surface area (Å²) in [5, 5.41) is 0.803. The van der Waals surface area contributed by atoms with Crippen molar-refractivity contribution in [3.8, 4) is 0 Å². The van der Waals surface area contributed by atoms with Crippen LogP contribution in [-0.4, -0.2) is 9.13 Å². The lowest BCUT2D eigenvalue weighted by Crippen LogP contribution is -2.40. The van der Waals surface area contributed by atoms with Gasteiger partial charge in [0.05, 0.1) is 5.39 Å². The number of hydrogen-bond donors (Lipinski definition) is 0. The highest BCUT2D eigenvalue weighted by atomic mass is 32.1. The molecule has 0 spiro atoms. The molecule has 5 rings (SSSR count). The Bertz CT molecular complexity index is 1330. The number of benzene rings is 2. The topological polar surface area (TPSA) is 44.0 Å². The highest BCUT2D eigenvalue weighted by Crippen LogP contribution is 2.34. The number of rotatable bonds is 7. The lowest BCUT2D eigenvalue weighted by Gasteiger charge is -2.13. The SMILES string of the molecule is O=c1c2c3c(sc2n(CCCc2ccccc2)c(=O)n1CCc1ccccc1)CCCC3. The average Bonchev–Trinajstić information content (AvgIpc) is 3.22. The largest absolute Gasteiger partial charge is 0.332 e. The normalized spacial score (nSPS) is 13.4. The molecule has 0 N–H and O–H groups in total. The van der Waals surface area contributed by atoms with Crippen LogP contribution in [0.5, 0.6) is 0 Å². The van der Waals surface area contributed by atoms with E-state index in [0.717, 1.165) is 47.9 Å². The molecule has 0 amide bonds. The van der Waals surface area contributed by atoms with E-state index in [0.29, 0.717) is 19.5 Å². The predicted molar refractivity (Wildman–Crippen MR) is 132 cm³/mol. The van der Waals surface area contributed by atoms with Gasteiger partial charge in [-0.3, -0.25) is 13.9 Å². The van der Waals surface area contributed by atoms with E-state index in [1.54, 1.807) is 11.3 Å². The number of nitrogens with zero attached hydrogens (tertiary/aromatic N) is 2. The second-order valence-corrected chi connectivity index (χ2v) is 9.69. The zero-order valence-electron chi connectivity index (χ0n) is 18.3. The Kier molecular flexibility index (Phi) is 6.08. The van der Waals surface area contributed by atoms with Crippen LogP contribution >= 0.6 is 11.3 Å². The molecule has 0 unspecified atom stereocenters. The van der Waals surface area contributed by atoms with Crippen molar-refractivity contribution in [1.29, 1.82) is 0 Å². The van der Waals surface area contributed by atoms with Crippen LogP contribution in [0.4, 0.5) is 0 Å². The Labute approximate surface area is 191 Å². The molecule has 2 aromatic carbocycles. The summed E-state index contributed by atoms with van der Waals surface area (Å²) in [5.41, 5.74) is 3.36. The highest BCUT2D eigenvalue weighted by molar-refractivity contribution is 7.18. The Balaban J connectivity index is 1.53. The van der Waals surface area contributed by atoms with E-state index < -0.39 is 0 Å². The summed E-state index contributed by atoms with van der Waals surface area (Å²) in [6.07, 6.45) is 6.73. The second-order valence-electron chi connectivity index (χ2n) is 8.61. The number of hydrogen-bond acceptors (Lipinski definition) is 3. The van der Waals surface area contributed by atoms with Gasteiger partial charge in [-0.2, -0.15) is 0 Å². The summed E-state index contributed by atoms with van der Waals surface area (Å²) in [7, 11) is 0. The maximum atomic E-state index is 13.5. The molecule has 0 saturated heterocycles. The van der Waals surface area contributed by atoms with E-state index >= 15 is 0 Å². The Morgan fingerprint density at radius 3 is 2.12 bits per heavy atom. The summed E-state index contributed by atoms with van der Waals surface area (Å²) in [5.74, 6) is 0. The minimum absolute atomic E-state index is 0.0976. The maximum absolute atomic E-state index is 13.5. The van der Waals surface area contributed by atoms with Crippen LogP contribution in [0.3, 0.4) is 0 Å². The van der Waals surface area contributed by atoms with Crippen LogP contribution in [0.2, 0.25) is 0 Å². The van der Waals surface area contributed by atoms with Crippen LogP contribution in [0.25, 0.3) is 10.2 Å². The smallest absolute Gasteiger partial charge is 0.284 e. The minimum atomic E-state index is -0.162. The van der Waals surface area contributed by atoms with Crippen molar-refractivity contribution in [2.75, 3.05) is 0 Å². The zero-order valence-corrected chi connectivity index (χ0v) is 19.1. The number of fused-ring (bicyclic) bond motifs is 3. The van der Waals surface area contributed by atoms with E-state index in [-0.39, 0.29) is 11.2 Å². The maximum Gasteiger partial charge on any atom is 0.332 e. The lowest BCUT2D eigenvalue weighted by atomic mass is 9.97. The van der Waals surface area contributed by atoms with Crippen LogP contribution in [0.1, 0.15) is 40.8 Å². The first-order valence-corrected chi connectivity index (χ1v) is 12.4. The van der Waals surface area contributed by atoms with Crippen molar-refractivity contribution < 1.29 is 0 Å². The average molecular weight is 445 g/mol. The third-order valence-electron chi connectivity index (χ3n) is 6.48. The predicted octanol–water partition coefficient (Wildman–Crippen LogP) is 4.98. The van der Waals surface area contributed by atoms with Crippen LogP contribution in [0.15, 0.2) is 70.3 Å². The molecule has 0 radical (unpaired) electrons. The first kappa shape index (κ1) is 21.0. The molecule has 32 heavy (non-hydrogen) atoms. The third kappa shape index (κ3) is 4.09. The summed E-state index contributed by atoms with van der Waals surface area (Å²) in [6, 6.07) is 20.5. The molecule has 0 fully saturated rings. The van der Waals surface area contributed by atoms with E-state index in [2.05, 4.69) is 36.4 Å². The van der Waals surface area contributed by atoms with Crippen LogP contribution in [0, 0.1) is 0 Å². The molecule has 0 saturated carbocycles. The van der Waals surface area contributed by atoms with Crippen LogP contribution < -0.4 is 11.2 Å². The van der Waals surface area contributed by atoms with Crippen molar-refractivity contribution in [2.24, 2.45) is 0 Å². The molecular weight excluding hydrogens is 416 g/mol. The van der Waals surface area contributed by atoms with Crippen molar-refractivity contribution in [3.63, 3.8) is 0 Å². The fourth-order valence-corrected chi connectivity index (χ4v) is 6.18. The molecule has 0 aliphatic heterocycles. The Morgan fingerprint density at radius 2 is 1.41 bits per heavy atom. The van der Waals surface area contributed by atoms with Gasteiger partial charge in [-0.05, 0) is 61.6 Å². The van der Waals surface area contributed by atoms with Crippen molar-refractivity contribution >= 4 is 21.6 Å². The number of aryl methyl sites for hydroxylation is 5. The zero-order chi connectivity index (χ0) is 21.9. The standard InChI is InChI=1S/C27H28N2O2S/c30-25-24-22-15-7-8-16-23(22)32-26(24)29(18-9-14-20-10-3-1-4-11-20)27(31)28(25)19-17-21-12-5-2-6-13-21/h1-6,10-13H,7-9,14-19H2. The minimum Gasteiger partial charge on any atom is -0.284 e. The van der Waals surface area contributed by atoms with E-state index in [1.807, 2.05) is 28.8 Å². The van der Waals surface area contributed by atoms with Gasteiger partial charge in [-0.25, -0.2) is 4.79 Å². The molecule has 4 nitrogen and oxygen atoms in total. The first-order valence-electron chi connectivity index (χ1n) is 11.6. The summed E-state index contributed by atoms with van der Waals surface area (Å²) >= 11 is 1.67. The fourth-order valence-electron chi connectivity index (χ4n) is 4.78. The fraction of sp³-hybridized carbons (Fsp3) is 0.333. The summed E-state index contributed by atoms with van der Waals surface area (Å²) < 4.78 is 3.37. The number of thiophene rings is 1. The van der Waals surface area contributed by atoms with Gasteiger partial charge >= 0.3 is 5.69 Å². The summed E-state index contributed by atoms with van der Waals surface area (Å²) in [6.45, 7) is 1.05. The molecule has 164 valence electrons. The van der Waals surface area contributed by atoms with Gasteiger partial charge in [0.15, 0.2) is 0 Å². The van der Waals surface area contributed by atoms with Crippen molar-refractivity contribution in [3.05, 3.63) is 103 Å². The van der Waals surface area contributed by atoms with Gasteiger partial charge in [0, 0.05) is 18.0 Å². The molecule has 1 aliphatic carbocycles. The molecule has 2 heterocycles. The van der Waals surface area contributed by atoms with E-state index in [4.69, 9.17) is 0 Å². The van der Waals surface area contributed by atoms with E-state index in [9.17, 15) is 9.59 Å². The molecule has 5 heteroatoms. The van der Waals surface area contributed by atoms with Gasteiger partial charge in [-0.15, -0.1) is 11.3 Å². The monoisotopic (exact) mass is 444 g/mol. The Morgan fingerprint density at radius 1 is 0.750 bits per heavy atom. The summed E-state index contributed by atoms with van der Waals surface area (Å²) in [4.78, 5) is 29.2. The Hall–Kier alpha value is -2.92.